The van der Waals surface area contributed by atoms with Gasteiger partial charge >= 0.3 is 0 Å². The Balaban J connectivity index is 1.66. The molecule has 0 saturated heterocycles. The van der Waals surface area contributed by atoms with Crippen LogP contribution in [0.2, 0.25) is 0 Å². The predicted octanol–water partition coefficient (Wildman–Crippen LogP) is 2.29. The van der Waals surface area contributed by atoms with Gasteiger partial charge < -0.3 is 26.4 Å². The largest absolute Gasteiger partial charge is 0.506 e. The van der Waals surface area contributed by atoms with Crippen molar-refractivity contribution in [2.24, 2.45) is 5.73 Å². The van der Waals surface area contributed by atoms with Crippen LogP contribution in [0.15, 0.2) is 36.4 Å². The molecule has 4 rings (SSSR count). The molecule has 1 aliphatic heterocycles. The van der Waals surface area contributed by atoms with E-state index < -0.39 is 11.7 Å². The molecule has 9 nitrogen and oxygen atoms in total. The molecule has 0 unspecified atom stereocenters. The van der Waals surface area contributed by atoms with Crippen LogP contribution < -0.4 is 16.4 Å². The number of likely N-dealkylation sites (N-methyl/N-ethyl adjacent to an activating group) is 1. The number of primary amides is 1. The highest BCUT2D eigenvalue weighted by atomic mass is 19.1. The zero-order chi connectivity index (χ0) is 21.3. The third-order valence-electron chi connectivity index (χ3n) is 4.82. The minimum absolute atomic E-state index is 0.0143. The Morgan fingerprint density at radius 3 is 2.73 bits per heavy atom. The standard InChI is InChI=1S/C20H20FN7O2/c1-28-7-6-11-8-13(21)15(9-12(11)10-28)24-20-25-19(17(18(22)30)26-27-20)23-14-4-2-3-5-16(14)29/h2-5,8-9,29H,6-7,10H2,1H3,(H2,22,30)(H2,23,24,25,27). The lowest BCUT2D eigenvalue weighted by Crippen LogP contribution is -2.26. The molecule has 2 aromatic carbocycles. The number of carbonyl (C=O) groups excluding carboxylic acids is 1. The number of benzene rings is 2. The number of anilines is 4. The molecule has 154 valence electrons. The summed E-state index contributed by atoms with van der Waals surface area (Å²) in [6, 6.07) is 9.64. The Hall–Kier alpha value is -3.79. The highest BCUT2D eigenvalue weighted by Gasteiger charge is 2.19. The Kier molecular flexibility index (Phi) is 5.15. The average molecular weight is 409 g/mol. The SMILES string of the molecule is CN1CCc2cc(F)c(Nc3nnc(C(N)=O)c(Nc4ccccc4O)n3)cc2C1. The molecule has 0 saturated carbocycles. The fourth-order valence-electron chi connectivity index (χ4n) is 3.28. The maximum Gasteiger partial charge on any atom is 0.273 e. The van der Waals surface area contributed by atoms with Gasteiger partial charge in [-0.15, -0.1) is 10.2 Å². The number of para-hydroxylation sites is 2. The van der Waals surface area contributed by atoms with Crippen molar-refractivity contribution >= 4 is 29.0 Å². The summed E-state index contributed by atoms with van der Waals surface area (Å²) < 4.78 is 14.6. The first-order valence-electron chi connectivity index (χ1n) is 9.27. The van der Waals surface area contributed by atoms with Gasteiger partial charge in [0.05, 0.1) is 11.4 Å². The highest BCUT2D eigenvalue weighted by Crippen LogP contribution is 2.29. The van der Waals surface area contributed by atoms with Gasteiger partial charge in [-0.2, -0.15) is 4.98 Å². The lowest BCUT2D eigenvalue weighted by atomic mass is 9.99. The molecule has 0 aliphatic carbocycles. The van der Waals surface area contributed by atoms with Crippen LogP contribution in [0.1, 0.15) is 21.6 Å². The number of halogens is 1. The molecule has 1 aliphatic rings. The Morgan fingerprint density at radius 2 is 1.97 bits per heavy atom. The van der Waals surface area contributed by atoms with Crippen LogP contribution in [0.25, 0.3) is 0 Å². The molecule has 1 aromatic heterocycles. The number of aromatic hydroxyl groups is 1. The second kappa shape index (κ2) is 7.91. The number of phenolic OH excluding ortho intramolecular Hbond substituents is 1. The Bertz CT molecular complexity index is 1120. The monoisotopic (exact) mass is 409 g/mol. The summed E-state index contributed by atoms with van der Waals surface area (Å²) >= 11 is 0. The van der Waals surface area contributed by atoms with Crippen LogP contribution in [-0.2, 0) is 13.0 Å². The van der Waals surface area contributed by atoms with Crippen molar-refractivity contribution in [2.75, 3.05) is 24.2 Å². The van der Waals surface area contributed by atoms with Crippen molar-refractivity contribution in [1.82, 2.24) is 20.1 Å². The summed E-state index contributed by atoms with van der Waals surface area (Å²) in [5, 5.41) is 23.2. The molecule has 1 amide bonds. The van der Waals surface area contributed by atoms with Crippen molar-refractivity contribution < 1.29 is 14.3 Å². The number of fused-ring (bicyclic) bond motifs is 1. The van der Waals surface area contributed by atoms with Gasteiger partial charge in [0, 0.05) is 13.1 Å². The van der Waals surface area contributed by atoms with Crippen LogP contribution >= 0.6 is 0 Å². The van der Waals surface area contributed by atoms with Crippen LogP contribution in [0.3, 0.4) is 0 Å². The molecule has 30 heavy (non-hydrogen) atoms. The maximum absolute atomic E-state index is 14.6. The number of carbonyl (C=O) groups is 1. The van der Waals surface area contributed by atoms with E-state index in [-0.39, 0.29) is 28.9 Å². The molecule has 0 atom stereocenters. The lowest BCUT2D eigenvalue weighted by molar-refractivity contribution is 0.0995. The van der Waals surface area contributed by atoms with Gasteiger partial charge in [0.1, 0.15) is 11.6 Å². The van der Waals surface area contributed by atoms with E-state index in [1.807, 2.05) is 7.05 Å². The van der Waals surface area contributed by atoms with Gasteiger partial charge in [-0.25, -0.2) is 4.39 Å². The predicted molar refractivity (Wildman–Crippen MR) is 109 cm³/mol. The molecule has 5 N–H and O–H groups in total. The first-order valence-corrected chi connectivity index (χ1v) is 9.27. The topological polar surface area (TPSA) is 129 Å². The molecule has 2 heterocycles. The van der Waals surface area contributed by atoms with Crippen LogP contribution in [0, 0.1) is 5.82 Å². The molecule has 10 heteroatoms. The fraction of sp³-hybridized carbons (Fsp3) is 0.200. The normalized spacial score (nSPS) is 13.5. The fourth-order valence-corrected chi connectivity index (χ4v) is 3.28. The van der Waals surface area contributed by atoms with Crippen molar-refractivity contribution in [2.45, 2.75) is 13.0 Å². The third kappa shape index (κ3) is 3.98. The van der Waals surface area contributed by atoms with Crippen LogP contribution in [0.4, 0.5) is 27.5 Å². The minimum atomic E-state index is -0.845. The van der Waals surface area contributed by atoms with E-state index in [9.17, 15) is 14.3 Å². The quantitative estimate of drug-likeness (QED) is 0.473. The van der Waals surface area contributed by atoms with E-state index in [1.54, 1.807) is 24.3 Å². The number of phenols is 1. The van der Waals surface area contributed by atoms with Crippen LogP contribution in [-0.4, -0.2) is 44.7 Å². The number of nitrogens with zero attached hydrogens (tertiary/aromatic N) is 4. The van der Waals surface area contributed by atoms with E-state index in [4.69, 9.17) is 5.73 Å². The second-order valence-electron chi connectivity index (χ2n) is 7.05. The van der Waals surface area contributed by atoms with E-state index >= 15 is 0 Å². The van der Waals surface area contributed by atoms with Crippen molar-refractivity contribution in [3.63, 3.8) is 0 Å². The van der Waals surface area contributed by atoms with E-state index in [2.05, 4.69) is 30.7 Å². The number of aromatic nitrogens is 3. The van der Waals surface area contributed by atoms with Crippen molar-refractivity contribution in [3.8, 4) is 5.75 Å². The zero-order valence-corrected chi connectivity index (χ0v) is 16.2. The van der Waals surface area contributed by atoms with Crippen LogP contribution in [0.5, 0.6) is 5.75 Å². The first-order chi connectivity index (χ1) is 14.4. The summed E-state index contributed by atoms with van der Waals surface area (Å²) in [6.45, 7) is 1.59. The summed E-state index contributed by atoms with van der Waals surface area (Å²) in [4.78, 5) is 18.1. The van der Waals surface area contributed by atoms with Gasteiger partial charge in [-0.1, -0.05) is 12.1 Å². The molecular weight excluding hydrogens is 389 g/mol. The number of hydrogen-bond acceptors (Lipinski definition) is 8. The number of hydrogen-bond donors (Lipinski definition) is 4. The average Bonchev–Trinajstić information content (AvgIpc) is 2.70. The Morgan fingerprint density at radius 1 is 1.17 bits per heavy atom. The number of nitrogens with two attached hydrogens (primary N) is 1. The highest BCUT2D eigenvalue weighted by molar-refractivity contribution is 5.96. The zero-order valence-electron chi connectivity index (χ0n) is 16.2. The summed E-state index contributed by atoms with van der Waals surface area (Å²) in [6.07, 6.45) is 0.781. The van der Waals surface area contributed by atoms with Gasteiger partial charge in [0.15, 0.2) is 11.5 Å². The van der Waals surface area contributed by atoms with Gasteiger partial charge in [0.2, 0.25) is 5.95 Å². The minimum Gasteiger partial charge on any atom is -0.506 e. The number of nitrogens with one attached hydrogen (secondary N) is 2. The molecule has 0 bridgehead atoms. The summed E-state index contributed by atoms with van der Waals surface area (Å²) in [7, 11) is 2.01. The second-order valence-corrected chi connectivity index (χ2v) is 7.05. The summed E-state index contributed by atoms with van der Waals surface area (Å²) in [5.41, 5.74) is 7.63. The molecular formula is C20H20FN7O2. The Labute approximate surface area is 171 Å². The lowest BCUT2D eigenvalue weighted by Gasteiger charge is -2.25. The third-order valence-corrected chi connectivity index (χ3v) is 4.82. The van der Waals surface area contributed by atoms with E-state index in [1.165, 1.54) is 12.1 Å². The smallest absolute Gasteiger partial charge is 0.273 e. The maximum atomic E-state index is 14.6. The first kappa shape index (κ1) is 19.5. The van der Waals surface area contributed by atoms with Gasteiger partial charge in [0.25, 0.3) is 5.91 Å². The van der Waals surface area contributed by atoms with Gasteiger partial charge in [-0.3, -0.25) is 4.79 Å². The molecule has 0 radical (unpaired) electrons. The van der Waals surface area contributed by atoms with Crippen molar-refractivity contribution in [3.05, 3.63) is 59.0 Å². The number of amides is 1. The van der Waals surface area contributed by atoms with E-state index in [0.29, 0.717) is 12.2 Å². The molecule has 3 aromatic rings. The van der Waals surface area contributed by atoms with Gasteiger partial charge in [-0.05, 0) is 48.9 Å². The molecule has 0 fully saturated rings. The number of rotatable bonds is 5. The van der Waals surface area contributed by atoms with Crippen molar-refractivity contribution in [1.29, 1.82) is 0 Å². The summed E-state index contributed by atoms with van der Waals surface area (Å²) in [5.74, 6) is -1.37. The van der Waals surface area contributed by atoms with E-state index in [0.717, 1.165) is 24.1 Å². The molecule has 0 spiro atoms.